The number of hydrogen-bond donors (Lipinski definition) is 1. The topological polar surface area (TPSA) is 64.0 Å². The second-order valence-electron chi connectivity index (χ2n) is 7.36. The highest BCUT2D eigenvalue weighted by Gasteiger charge is 2.15. The van der Waals surface area contributed by atoms with Crippen molar-refractivity contribution in [3.8, 4) is 11.1 Å². The standard InChI is InChI=1S/C24H22BrN3O2S/c1-2-3-4-16-5-11-19(12-6-16)27-21(29)13-28-15-26-23-22(24(28)30)20(14-31-23)17-7-9-18(25)10-8-17/h5-12,14-15H,2-4,13H2,1H3,(H,27,29). The summed E-state index contributed by atoms with van der Waals surface area (Å²) in [5, 5.41) is 5.35. The Bertz CT molecular complexity index is 1260. The lowest BCUT2D eigenvalue weighted by Gasteiger charge is -2.09. The number of halogens is 1. The minimum Gasteiger partial charge on any atom is -0.325 e. The number of hydrogen-bond acceptors (Lipinski definition) is 4. The average molecular weight is 496 g/mol. The van der Waals surface area contributed by atoms with E-state index < -0.39 is 0 Å². The molecule has 0 saturated carbocycles. The van der Waals surface area contributed by atoms with Gasteiger partial charge in [-0.2, -0.15) is 0 Å². The van der Waals surface area contributed by atoms with Crippen LogP contribution in [0.15, 0.2) is 69.5 Å². The predicted molar refractivity (Wildman–Crippen MR) is 131 cm³/mol. The number of nitrogens with one attached hydrogen (secondary N) is 1. The van der Waals surface area contributed by atoms with E-state index in [1.165, 1.54) is 27.8 Å². The van der Waals surface area contributed by atoms with Gasteiger partial charge in [-0.25, -0.2) is 4.98 Å². The quantitative estimate of drug-likeness (QED) is 0.348. The number of unbranched alkanes of at least 4 members (excludes halogenated alkanes) is 1. The van der Waals surface area contributed by atoms with E-state index in [9.17, 15) is 9.59 Å². The van der Waals surface area contributed by atoms with Gasteiger partial charge >= 0.3 is 0 Å². The number of thiophene rings is 1. The smallest absolute Gasteiger partial charge is 0.263 e. The summed E-state index contributed by atoms with van der Waals surface area (Å²) < 4.78 is 2.34. The molecule has 4 aromatic rings. The van der Waals surface area contributed by atoms with Crippen LogP contribution in [0.4, 0.5) is 5.69 Å². The van der Waals surface area contributed by atoms with Gasteiger partial charge in [-0.1, -0.05) is 53.5 Å². The molecule has 0 aliphatic rings. The molecule has 4 rings (SSSR count). The maximum atomic E-state index is 13.1. The molecule has 0 fully saturated rings. The number of aromatic nitrogens is 2. The molecule has 1 N–H and O–H groups in total. The van der Waals surface area contributed by atoms with Crippen molar-refractivity contribution in [2.75, 3.05) is 5.32 Å². The van der Waals surface area contributed by atoms with Crippen molar-refractivity contribution in [1.29, 1.82) is 0 Å². The van der Waals surface area contributed by atoms with Crippen molar-refractivity contribution >= 4 is 49.1 Å². The SMILES string of the molecule is CCCCc1ccc(NC(=O)Cn2cnc3scc(-c4ccc(Br)cc4)c3c2=O)cc1. The minimum atomic E-state index is -0.259. The van der Waals surface area contributed by atoms with Crippen molar-refractivity contribution in [2.45, 2.75) is 32.7 Å². The number of nitrogens with zero attached hydrogens (tertiary/aromatic N) is 2. The van der Waals surface area contributed by atoms with Gasteiger partial charge in [0.05, 0.1) is 11.7 Å². The molecule has 0 bridgehead atoms. The Morgan fingerprint density at radius 3 is 2.58 bits per heavy atom. The number of anilines is 1. The zero-order chi connectivity index (χ0) is 21.8. The first-order valence-electron chi connectivity index (χ1n) is 10.2. The Morgan fingerprint density at radius 1 is 1.13 bits per heavy atom. The molecule has 7 heteroatoms. The summed E-state index contributed by atoms with van der Waals surface area (Å²) in [4.78, 5) is 30.7. The Morgan fingerprint density at radius 2 is 1.87 bits per heavy atom. The zero-order valence-electron chi connectivity index (χ0n) is 17.1. The highest BCUT2D eigenvalue weighted by atomic mass is 79.9. The maximum absolute atomic E-state index is 13.1. The van der Waals surface area contributed by atoms with Gasteiger partial charge in [0.2, 0.25) is 5.91 Å². The molecule has 2 aromatic carbocycles. The minimum absolute atomic E-state index is 0.0883. The monoisotopic (exact) mass is 495 g/mol. The zero-order valence-corrected chi connectivity index (χ0v) is 19.5. The van der Waals surface area contributed by atoms with Crippen molar-refractivity contribution in [3.05, 3.63) is 80.6 Å². The van der Waals surface area contributed by atoms with E-state index in [-0.39, 0.29) is 18.0 Å². The van der Waals surface area contributed by atoms with E-state index >= 15 is 0 Å². The van der Waals surface area contributed by atoms with Crippen LogP contribution in [0, 0.1) is 0 Å². The lowest BCUT2D eigenvalue weighted by Crippen LogP contribution is -2.27. The molecule has 5 nitrogen and oxygen atoms in total. The Hall–Kier alpha value is -2.77. The van der Waals surface area contributed by atoms with Crippen LogP contribution < -0.4 is 10.9 Å². The van der Waals surface area contributed by atoms with Gasteiger partial charge in [-0.05, 0) is 48.2 Å². The third kappa shape index (κ3) is 4.94. The number of carbonyl (C=O) groups is 1. The Labute approximate surface area is 192 Å². The van der Waals surface area contributed by atoms with E-state index in [4.69, 9.17) is 0 Å². The van der Waals surface area contributed by atoms with Crippen LogP contribution >= 0.6 is 27.3 Å². The molecule has 0 atom stereocenters. The Kier molecular flexibility index (Phi) is 6.63. The van der Waals surface area contributed by atoms with Crippen LogP contribution in [0.25, 0.3) is 21.3 Å². The van der Waals surface area contributed by atoms with Crippen LogP contribution in [-0.2, 0) is 17.8 Å². The van der Waals surface area contributed by atoms with Crippen molar-refractivity contribution in [2.24, 2.45) is 0 Å². The largest absolute Gasteiger partial charge is 0.325 e. The fraction of sp³-hybridized carbons (Fsp3) is 0.208. The summed E-state index contributed by atoms with van der Waals surface area (Å²) in [6, 6.07) is 15.7. The average Bonchev–Trinajstić information content (AvgIpc) is 3.21. The third-order valence-corrected chi connectivity index (χ3v) is 6.50. The van der Waals surface area contributed by atoms with E-state index in [0.29, 0.717) is 10.2 Å². The molecular formula is C24H22BrN3O2S. The molecule has 0 saturated heterocycles. The molecule has 2 heterocycles. The molecule has 158 valence electrons. The van der Waals surface area contributed by atoms with E-state index in [1.54, 1.807) is 0 Å². The molecule has 0 aliphatic carbocycles. The molecule has 0 aliphatic heterocycles. The van der Waals surface area contributed by atoms with Gasteiger partial charge < -0.3 is 5.32 Å². The first kappa shape index (κ1) is 21.5. The van der Waals surface area contributed by atoms with Crippen LogP contribution in [0.1, 0.15) is 25.3 Å². The van der Waals surface area contributed by atoms with Crippen molar-refractivity contribution < 1.29 is 4.79 Å². The van der Waals surface area contributed by atoms with E-state index in [1.807, 2.05) is 53.9 Å². The lowest BCUT2D eigenvalue weighted by molar-refractivity contribution is -0.116. The fourth-order valence-corrected chi connectivity index (χ4v) is 4.58. The fourth-order valence-electron chi connectivity index (χ4n) is 3.41. The van der Waals surface area contributed by atoms with Crippen LogP contribution in [-0.4, -0.2) is 15.5 Å². The van der Waals surface area contributed by atoms with Crippen LogP contribution in [0.2, 0.25) is 0 Å². The Balaban J connectivity index is 1.54. The van der Waals surface area contributed by atoms with Crippen molar-refractivity contribution in [3.63, 3.8) is 0 Å². The molecule has 0 unspecified atom stereocenters. The molecule has 0 radical (unpaired) electrons. The second kappa shape index (κ2) is 9.58. The summed E-state index contributed by atoms with van der Waals surface area (Å²) in [6.45, 7) is 2.08. The van der Waals surface area contributed by atoms with Gasteiger partial charge in [-0.3, -0.25) is 14.2 Å². The normalized spacial score (nSPS) is 11.0. The summed E-state index contributed by atoms with van der Waals surface area (Å²) in [5.74, 6) is -0.259. The van der Waals surface area contributed by atoms with Gasteiger partial charge in [0.15, 0.2) is 0 Å². The highest BCUT2D eigenvalue weighted by Crippen LogP contribution is 2.31. The molecule has 2 aromatic heterocycles. The lowest BCUT2D eigenvalue weighted by atomic mass is 10.1. The maximum Gasteiger partial charge on any atom is 0.263 e. The molecule has 31 heavy (non-hydrogen) atoms. The molecular weight excluding hydrogens is 474 g/mol. The number of carbonyl (C=O) groups excluding carboxylic acids is 1. The molecule has 0 spiro atoms. The summed E-state index contributed by atoms with van der Waals surface area (Å²) in [7, 11) is 0. The van der Waals surface area contributed by atoms with Gasteiger partial charge in [0.25, 0.3) is 5.56 Å². The highest BCUT2D eigenvalue weighted by molar-refractivity contribution is 9.10. The number of aryl methyl sites for hydroxylation is 1. The van der Waals surface area contributed by atoms with E-state index in [0.717, 1.165) is 40.5 Å². The summed E-state index contributed by atoms with van der Waals surface area (Å²) in [5.41, 5.74) is 3.54. The second-order valence-corrected chi connectivity index (χ2v) is 9.14. The van der Waals surface area contributed by atoms with Crippen LogP contribution in [0.5, 0.6) is 0 Å². The number of amides is 1. The van der Waals surface area contributed by atoms with Crippen LogP contribution in [0.3, 0.4) is 0 Å². The van der Waals surface area contributed by atoms with Gasteiger partial charge in [0, 0.05) is 21.1 Å². The number of benzene rings is 2. The van der Waals surface area contributed by atoms with Gasteiger partial charge in [0.1, 0.15) is 11.4 Å². The summed E-state index contributed by atoms with van der Waals surface area (Å²) >= 11 is 4.86. The number of fused-ring (bicyclic) bond motifs is 1. The van der Waals surface area contributed by atoms with Crippen molar-refractivity contribution in [1.82, 2.24) is 9.55 Å². The van der Waals surface area contributed by atoms with Gasteiger partial charge in [-0.15, -0.1) is 11.3 Å². The molecule has 1 amide bonds. The van der Waals surface area contributed by atoms with E-state index in [2.05, 4.69) is 33.2 Å². The number of rotatable bonds is 7. The summed E-state index contributed by atoms with van der Waals surface area (Å²) in [6.07, 6.45) is 4.78. The predicted octanol–water partition coefficient (Wildman–Crippen LogP) is 5.87. The third-order valence-electron chi connectivity index (χ3n) is 5.09. The first-order valence-corrected chi connectivity index (χ1v) is 11.8. The first-order chi connectivity index (χ1) is 15.0.